The largest absolute Gasteiger partial charge is 0.361 e. The van der Waals surface area contributed by atoms with E-state index in [9.17, 15) is 8.42 Å². The number of nitrogens with two attached hydrogens (primary N) is 1. The Kier molecular flexibility index (Phi) is 3.23. The van der Waals surface area contributed by atoms with Crippen molar-refractivity contribution in [1.29, 1.82) is 0 Å². The summed E-state index contributed by atoms with van der Waals surface area (Å²) in [6, 6.07) is 6.50. The average Bonchev–Trinajstić information content (AvgIpc) is 2.69. The normalized spacial score (nSPS) is 11.7. The maximum Gasteiger partial charge on any atom is 0.175 e. The zero-order valence-electron chi connectivity index (χ0n) is 10.2. The van der Waals surface area contributed by atoms with Crippen LogP contribution >= 0.6 is 0 Å². The molecule has 0 saturated carbocycles. The highest BCUT2D eigenvalue weighted by Crippen LogP contribution is 2.25. The van der Waals surface area contributed by atoms with E-state index in [4.69, 9.17) is 10.3 Å². The summed E-state index contributed by atoms with van der Waals surface area (Å²) in [7, 11) is -3.18. The van der Waals surface area contributed by atoms with Gasteiger partial charge < -0.3 is 10.3 Å². The molecular weight excluding hydrogens is 252 g/mol. The van der Waals surface area contributed by atoms with Gasteiger partial charge in [-0.2, -0.15) is 0 Å². The van der Waals surface area contributed by atoms with Crippen LogP contribution in [0.3, 0.4) is 0 Å². The minimum atomic E-state index is -3.18. The fourth-order valence-corrected chi connectivity index (χ4v) is 2.35. The standard InChI is InChI=1S/C12H14N2O3S/c1-8-11(7-13)12(14-17-8)9-3-5-10(6-4-9)18(2,15)16/h3-6H,7,13H2,1-2H3. The second-order valence-electron chi connectivity index (χ2n) is 4.07. The molecule has 0 aliphatic carbocycles. The van der Waals surface area contributed by atoms with Gasteiger partial charge in [-0.25, -0.2) is 8.42 Å². The summed E-state index contributed by atoms with van der Waals surface area (Å²) < 4.78 is 27.8. The maximum atomic E-state index is 11.4. The monoisotopic (exact) mass is 266 g/mol. The van der Waals surface area contributed by atoms with E-state index in [1.165, 1.54) is 6.26 Å². The van der Waals surface area contributed by atoms with Gasteiger partial charge >= 0.3 is 0 Å². The number of aryl methyl sites for hydroxylation is 1. The molecule has 0 saturated heterocycles. The zero-order valence-corrected chi connectivity index (χ0v) is 11.0. The summed E-state index contributed by atoms with van der Waals surface area (Å²) in [6.07, 6.45) is 1.17. The first-order chi connectivity index (χ1) is 8.43. The van der Waals surface area contributed by atoms with Gasteiger partial charge in [-0.3, -0.25) is 0 Å². The van der Waals surface area contributed by atoms with Crippen LogP contribution in [0.1, 0.15) is 11.3 Å². The van der Waals surface area contributed by atoms with E-state index in [0.29, 0.717) is 18.0 Å². The van der Waals surface area contributed by atoms with Crippen LogP contribution in [0.5, 0.6) is 0 Å². The van der Waals surface area contributed by atoms with Gasteiger partial charge in [0.2, 0.25) is 0 Å². The fraction of sp³-hybridized carbons (Fsp3) is 0.250. The molecule has 96 valence electrons. The molecule has 0 radical (unpaired) electrons. The third-order valence-corrected chi connectivity index (χ3v) is 3.87. The second-order valence-corrected chi connectivity index (χ2v) is 6.08. The molecular formula is C12H14N2O3S. The van der Waals surface area contributed by atoms with Crippen LogP contribution in [-0.2, 0) is 16.4 Å². The molecule has 0 fully saturated rings. The van der Waals surface area contributed by atoms with E-state index in [1.54, 1.807) is 31.2 Å². The Morgan fingerprint density at radius 1 is 1.28 bits per heavy atom. The minimum absolute atomic E-state index is 0.278. The topological polar surface area (TPSA) is 86.2 Å². The molecule has 1 heterocycles. The molecule has 1 aromatic heterocycles. The molecule has 2 aromatic rings. The highest BCUT2D eigenvalue weighted by Gasteiger charge is 2.14. The molecule has 18 heavy (non-hydrogen) atoms. The lowest BCUT2D eigenvalue weighted by Crippen LogP contribution is -1.99. The third kappa shape index (κ3) is 2.30. The summed E-state index contributed by atoms with van der Waals surface area (Å²) in [5, 5.41) is 3.94. The molecule has 0 bridgehead atoms. The average molecular weight is 266 g/mol. The number of hydrogen-bond acceptors (Lipinski definition) is 5. The lowest BCUT2D eigenvalue weighted by molar-refractivity contribution is 0.398. The van der Waals surface area contributed by atoms with Crippen molar-refractivity contribution in [2.45, 2.75) is 18.4 Å². The second kappa shape index (κ2) is 4.55. The Hall–Kier alpha value is -1.66. The van der Waals surface area contributed by atoms with Gasteiger partial charge in [-0.15, -0.1) is 0 Å². The number of hydrogen-bond donors (Lipinski definition) is 1. The van der Waals surface area contributed by atoms with Crippen molar-refractivity contribution in [2.75, 3.05) is 6.26 Å². The molecule has 0 unspecified atom stereocenters. The fourth-order valence-electron chi connectivity index (χ4n) is 1.72. The van der Waals surface area contributed by atoms with Crippen molar-refractivity contribution in [1.82, 2.24) is 5.16 Å². The lowest BCUT2D eigenvalue weighted by Gasteiger charge is -2.02. The first kappa shape index (κ1) is 12.8. The van der Waals surface area contributed by atoms with Crippen molar-refractivity contribution < 1.29 is 12.9 Å². The number of sulfone groups is 1. The van der Waals surface area contributed by atoms with E-state index >= 15 is 0 Å². The Bertz CT molecular complexity index is 657. The summed E-state index contributed by atoms with van der Waals surface area (Å²) in [5.74, 6) is 0.680. The molecule has 0 spiro atoms. The zero-order chi connectivity index (χ0) is 13.3. The predicted octanol–water partition coefficient (Wildman–Crippen LogP) is 1.51. The van der Waals surface area contributed by atoms with Crippen LogP contribution < -0.4 is 5.73 Å². The molecule has 2 rings (SSSR count). The van der Waals surface area contributed by atoms with E-state index < -0.39 is 9.84 Å². The Morgan fingerprint density at radius 2 is 1.89 bits per heavy atom. The van der Waals surface area contributed by atoms with Crippen LogP contribution in [0.2, 0.25) is 0 Å². The molecule has 0 aliphatic heterocycles. The SMILES string of the molecule is Cc1onc(-c2ccc(S(C)(=O)=O)cc2)c1CN. The van der Waals surface area contributed by atoms with Crippen LogP contribution in [0.15, 0.2) is 33.7 Å². The van der Waals surface area contributed by atoms with Crippen LogP contribution in [0, 0.1) is 6.92 Å². The lowest BCUT2D eigenvalue weighted by atomic mass is 10.1. The van der Waals surface area contributed by atoms with Gasteiger partial charge in [-0.1, -0.05) is 17.3 Å². The Labute approximate surface area is 106 Å². The molecule has 6 heteroatoms. The molecule has 5 nitrogen and oxygen atoms in total. The van der Waals surface area contributed by atoms with E-state index in [2.05, 4.69) is 5.16 Å². The van der Waals surface area contributed by atoms with Gasteiger partial charge in [0.05, 0.1) is 4.90 Å². The van der Waals surface area contributed by atoms with E-state index in [-0.39, 0.29) is 4.90 Å². The van der Waals surface area contributed by atoms with Crippen molar-refractivity contribution in [2.24, 2.45) is 5.73 Å². The molecule has 0 atom stereocenters. The minimum Gasteiger partial charge on any atom is -0.361 e. The third-order valence-electron chi connectivity index (χ3n) is 2.74. The van der Waals surface area contributed by atoms with Crippen LogP contribution in [0.25, 0.3) is 11.3 Å². The molecule has 1 aromatic carbocycles. The maximum absolute atomic E-state index is 11.4. The summed E-state index contributed by atoms with van der Waals surface area (Å²) >= 11 is 0. The Balaban J connectivity index is 2.47. The van der Waals surface area contributed by atoms with Crippen molar-refractivity contribution in [3.63, 3.8) is 0 Å². The van der Waals surface area contributed by atoms with Gasteiger partial charge in [0.1, 0.15) is 11.5 Å². The molecule has 0 aliphatic rings. The number of nitrogens with zero attached hydrogens (tertiary/aromatic N) is 1. The van der Waals surface area contributed by atoms with Crippen molar-refractivity contribution in [3.8, 4) is 11.3 Å². The first-order valence-corrected chi connectivity index (χ1v) is 7.28. The highest BCUT2D eigenvalue weighted by atomic mass is 32.2. The van der Waals surface area contributed by atoms with Gasteiger partial charge in [0.15, 0.2) is 9.84 Å². The quantitative estimate of drug-likeness (QED) is 0.910. The van der Waals surface area contributed by atoms with Crippen molar-refractivity contribution >= 4 is 9.84 Å². The van der Waals surface area contributed by atoms with Gasteiger partial charge in [0, 0.05) is 23.9 Å². The van der Waals surface area contributed by atoms with Crippen molar-refractivity contribution in [3.05, 3.63) is 35.6 Å². The number of benzene rings is 1. The number of rotatable bonds is 3. The van der Waals surface area contributed by atoms with Crippen LogP contribution in [0.4, 0.5) is 0 Å². The van der Waals surface area contributed by atoms with Crippen LogP contribution in [-0.4, -0.2) is 19.8 Å². The van der Waals surface area contributed by atoms with E-state index in [0.717, 1.165) is 11.1 Å². The molecule has 0 amide bonds. The Morgan fingerprint density at radius 3 is 2.39 bits per heavy atom. The molecule has 2 N–H and O–H groups in total. The smallest absolute Gasteiger partial charge is 0.175 e. The van der Waals surface area contributed by atoms with E-state index in [1.807, 2.05) is 0 Å². The predicted molar refractivity (Wildman–Crippen MR) is 67.7 cm³/mol. The first-order valence-electron chi connectivity index (χ1n) is 5.39. The summed E-state index contributed by atoms with van der Waals surface area (Å²) in [6.45, 7) is 2.13. The summed E-state index contributed by atoms with van der Waals surface area (Å²) in [4.78, 5) is 0.278. The van der Waals surface area contributed by atoms with Gasteiger partial charge in [0.25, 0.3) is 0 Å². The number of aromatic nitrogens is 1. The summed E-state index contributed by atoms with van der Waals surface area (Å²) in [5.41, 5.74) is 7.93. The van der Waals surface area contributed by atoms with Gasteiger partial charge in [-0.05, 0) is 19.1 Å². The highest BCUT2D eigenvalue weighted by molar-refractivity contribution is 7.90.